The van der Waals surface area contributed by atoms with E-state index in [1.54, 1.807) is 20.8 Å². The fourth-order valence-corrected chi connectivity index (χ4v) is 1.35. The summed E-state index contributed by atoms with van der Waals surface area (Å²) in [6.07, 6.45) is -2.18. The van der Waals surface area contributed by atoms with Gasteiger partial charge in [0.2, 0.25) is 12.1 Å². The standard InChI is InChI=1S/C14H21N3O7/c1-8(23-12(21)14(2,3)4)24-13(22)17-10(11(19)20)6-5-9(18)7-16-15/h7-8,10H,5-6H2,1-4H3,(H,17,22)(H,19,20)/t8-,10?/m1/s1. The van der Waals surface area contributed by atoms with E-state index in [1.807, 2.05) is 5.32 Å². The van der Waals surface area contributed by atoms with Crippen LogP contribution in [0.3, 0.4) is 0 Å². The molecule has 0 rings (SSSR count). The van der Waals surface area contributed by atoms with Crippen molar-refractivity contribution in [2.75, 3.05) is 0 Å². The molecule has 0 radical (unpaired) electrons. The van der Waals surface area contributed by atoms with Crippen molar-refractivity contribution < 1.29 is 38.5 Å². The molecule has 0 aliphatic rings. The molecule has 1 amide bonds. The molecule has 134 valence electrons. The van der Waals surface area contributed by atoms with Gasteiger partial charge in [-0.1, -0.05) is 0 Å². The molecule has 0 bridgehead atoms. The van der Waals surface area contributed by atoms with Crippen LogP contribution in [0.4, 0.5) is 4.79 Å². The van der Waals surface area contributed by atoms with Crippen molar-refractivity contribution in [2.45, 2.75) is 52.9 Å². The van der Waals surface area contributed by atoms with Crippen molar-refractivity contribution in [1.82, 2.24) is 5.32 Å². The van der Waals surface area contributed by atoms with E-state index in [0.29, 0.717) is 6.21 Å². The first-order valence-electron chi connectivity index (χ1n) is 7.08. The molecular formula is C14H21N3O7. The monoisotopic (exact) mass is 343 g/mol. The molecule has 2 N–H and O–H groups in total. The van der Waals surface area contributed by atoms with Crippen LogP contribution in [0.2, 0.25) is 0 Å². The molecule has 0 aromatic carbocycles. The van der Waals surface area contributed by atoms with Crippen molar-refractivity contribution in [2.24, 2.45) is 5.41 Å². The van der Waals surface area contributed by atoms with Gasteiger partial charge in [0.25, 0.3) is 0 Å². The second kappa shape index (κ2) is 9.41. The zero-order valence-corrected chi connectivity index (χ0v) is 13.9. The summed E-state index contributed by atoms with van der Waals surface area (Å²) in [6.45, 7) is 6.17. The number of amides is 1. The van der Waals surface area contributed by atoms with Crippen LogP contribution in [0, 0.1) is 5.41 Å². The third-order valence-electron chi connectivity index (χ3n) is 2.63. The molecule has 0 saturated carbocycles. The predicted octanol–water partition coefficient (Wildman–Crippen LogP) is 0.751. The number of carbonyl (C=O) groups is 4. The van der Waals surface area contributed by atoms with Crippen LogP contribution in [0.25, 0.3) is 5.53 Å². The molecule has 1 unspecified atom stereocenters. The Bertz CT molecular complexity index is 547. The summed E-state index contributed by atoms with van der Waals surface area (Å²) in [5.74, 6) is -2.57. The Morgan fingerprint density at radius 2 is 1.83 bits per heavy atom. The van der Waals surface area contributed by atoms with E-state index in [9.17, 15) is 19.2 Å². The maximum Gasteiger partial charge on any atom is 0.410 e. The molecule has 10 heteroatoms. The average molecular weight is 343 g/mol. The summed E-state index contributed by atoms with van der Waals surface area (Å²) in [4.78, 5) is 48.0. The number of nitrogens with one attached hydrogen (secondary N) is 1. The van der Waals surface area contributed by atoms with Crippen LogP contribution >= 0.6 is 0 Å². The van der Waals surface area contributed by atoms with Gasteiger partial charge in [-0.25, -0.2) is 9.59 Å². The smallest absolute Gasteiger partial charge is 0.410 e. The second-order valence-corrected chi connectivity index (χ2v) is 5.91. The molecule has 0 aliphatic carbocycles. The lowest BCUT2D eigenvalue weighted by atomic mass is 9.97. The van der Waals surface area contributed by atoms with Crippen molar-refractivity contribution in [1.29, 1.82) is 0 Å². The molecule has 10 nitrogen and oxygen atoms in total. The summed E-state index contributed by atoms with van der Waals surface area (Å²) in [6, 6.07) is -1.39. The highest BCUT2D eigenvalue weighted by Gasteiger charge is 2.27. The number of nitrogens with zero attached hydrogens (tertiary/aromatic N) is 2. The summed E-state index contributed by atoms with van der Waals surface area (Å²) in [5, 5.41) is 11.0. The highest BCUT2D eigenvalue weighted by molar-refractivity contribution is 6.25. The number of ketones is 1. The van der Waals surface area contributed by atoms with Gasteiger partial charge in [0.1, 0.15) is 6.04 Å². The highest BCUT2D eigenvalue weighted by atomic mass is 16.7. The minimum atomic E-state index is -1.39. The number of carboxylic acid groups (broad SMARTS) is 1. The molecule has 0 spiro atoms. The Labute approximate surface area is 138 Å². The molecule has 0 saturated heterocycles. The van der Waals surface area contributed by atoms with E-state index in [0.717, 1.165) is 0 Å². The molecule has 0 heterocycles. The highest BCUT2D eigenvalue weighted by Crippen LogP contribution is 2.16. The lowest BCUT2D eigenvalue weighted by Crippen LogP contribution is -2.43. The summed E-state index contributed by atoms with van der Waals surface area (Å²) >= 11 is 0. The van der Waals surface area contributed by atoms with Gasteiger partial charge < -0.3 is 25.4 Å². The Kier molecular flexibility index (Phi) is 8.34. The number of ether oxygens (including phenoxy) is 2. The lowest BCUT2D eigenvalue weighted by Gasteiger charge is -2.21. The maximum absolute atomic E-state index is 11.6. The minimum absolute atomic E-state index is 0.231. The lowest BCUT2D eigenvalue weighted by molar-refractivity contribution is -0.174. The zero-order chi connectivity index (χ0) is 18.9. The van der Waals surface area contributed by atoms with Crippen LogP contribution in [0.1, 0.15) is 40.5 Å². The van der Waals surface area contributed by atoms with Crippen LogP contribution < -0.4 is 5.32 Å². The number of aliphatic carboxylic acids is 1. The molecule has 2 atom stereocenters. The minimum Gasteiger partial charge on any atom is -0.480 e. The van der Waals surface area contributed by atoms with Crippen molar-refractivity contribution in [3.05, 3.63) is 5.53 Å². The molecule has 0 aromatic heterocycles. The number of hydrogen-bond acceptors (Lipinski definition) is 6. The van der Waals surface area contributed by atoms with E-state index in [4.69, 9.17) is 20.1 Å². The van der Waals surface area contributed by atoms with Gasteiger partial charge in [-0.2, -0.15) is 4.79 Å². The van der Waals surface area contributed by atoms with Crippen molar-refractivity contribution in [3.63, 3.8) is 0 Å². The molecule has 24 heavy (non-hydrogen) atoms. The number of Topliss-reactive ketones (excluding diaryl/α,β-unsaturated/α-hetero) is 1. The van der Waals surface area contributed by atoms with Crippen LogP contribution in [0.5, 0.6) is 0 Å². The number of esters is 1. The fraction of sp³-hybridized carbons (Fsp3) is 0.643. The Hall–Kier alpha value is -2.74. The third-order valence-corrected chi connectivity index (χ3v) is 2.63. The van der Waals surface area contributed by atoms with Crippen LogP contribution in [-0.2, 0) is 23.9 Å². The van der Waals surface area contributed by atoms with E-state index < -0.39 is 41.6 Å². The largest absolute Gasteiger partial charge is 0.480 e. The quantitative estimate of drug-likeness (QED) is 0.216. The molecule has 0 aromatic rings. The number of carboxylic acids is 1. The van der Waals surface area contributed by atoms with E-state index in [-0.39, 0.29) is 12.8 Å². The van der Waals surface area contributed by atoms with Gasteiger partial charge in [-0.05, 0) is 27.2 Å². The molecular weight excluding hydrogens is 322 g/mol. The third kappa shape index (κ3) is 8.64. The average Bonchev–Trinajstić information content (AvgIpc) is 2.41. The summed E-state index contributed by atoms with van der Waals surface area (Å²) in [5.41, 5.74) is 7.40. The first-order chi connectivity index (χ1) is 11.0. The van der Waals surface area contributed by atoms with E-state index in [1.165, 1.54) is 6.92 Å². The van der Waals surface area contributed by atoms with Gasteiger partial charge in [0.05, 0.1) is 5.41 Å². The van der Waals surface area contributed by atoms with Crippen molar-refractivity contribution >= 4 is 30.0 Å². The van der Waals surface area contributed by atoms with E-state index in [2.05, 4.69) is 4.79 Å². The first kappa shape index (κ1) is 21.3. The van der Waals surface area contributed by atoms with Gasteiger partial charge >= 0.3 is 24.2 Å². The Morgan fingerprint density at radius 3 is 2.29 bits per heavy atom. The van der Waals surface area contributed by atoms with E-state index >= 15 is 0 Å². The van der Waals surface area contributed by atoms with Gasteiger partial charge in [0, 0.05) is 13.3 Å². The normalized spacial score (nSPS) is 13.0. The first-order valence-corrected chi connectivity index (χ1v) is 7.08. The second-order valence-electron chi connectivity index (χ2n) is 5.91. The van der Waals surface area contributed by atoms with Gasteiger partial charge in [-0.15, -0.1) is 0 Å². The SMILES string of the molecule is C[C@@H](OC(=O)NC(CCC(=O)C=[N+]=[N-])C(=O)O)OC(=O)C(C)(C)C. The summed E-state index contributed by atoms with van der Waals surface area (Å²) < 4.78 is 9.63. The fourth-order valence-electron chi connectivity index (χ4n) is 1.35. The van der Waals surface area contributed by atoms with Crippen LogP contribution in [-0.4, -0.2) is 52.3 Å². The Balaban J connectivity index is 4.52. The number of carbonyl (C=O) groups excluding carboxylic acids is 3. The molecule has 0 aliphatic heterocycles. The topological polar surface area (TPSA) is 155 Å². The number of alkyl carbamates (subject to hydrolysis) is 1. The van der Waals surface area contributed by atoms with Crippen LogP contribution in [0.15, 0.2) is 0 Å². The number of rotatable bonds is 8. The number of hydrogen-bond donors (Lipinski definition) is 2. The zero-order valence-electron chi connectivity index (χ0n) is 13.9. The molecule has 0 fully saturated rings. The predicted molar refractivity (Wildman–Crippen MR) is 80.0 cm³/mol. The van der Waals surface area contributed by atoms with Gasteiger partial charge in [-0.3, -0.25) is 9.59 Å². The Morgan fingerprint density at radius 1 is 1.25 bits per heavy atom. The summed E-state index contributed by atoms with van der Waals surface area (Å²) in [7, 11) is 0. The maximum atomic E-state index is 11.6. The van der Waals surface area contributed by atoms with Gasteiger partial charge in [0.15, 0.2) is 0 Å². The van der Waals surface area contributed by atoms with Crippen molar-refractivity contribution in [3.8, 4) is 0 Å².